The molecule has 106 valence electrons. The van der Waals surface area contributed by atoms with E-state index in [0.29, 0.717) is 20.0 Å². The molecule has 2 rings (SSSR count). The normalized spacial score (nSPS) is 18.2. The van der Waals surface area contributed by atoms with E-state index in [4.69, 9.17) is 0 Å². The van der Waals surface area contributed by atoms with E-state index in [2.05, 4.69) is 0 Å². The number of para-hydroxylation sites is 1. The summed E-state index contributed by atoms with van der Waals surface area (Å²) in [5, 5.41) is 21.1. The third kappa shape index (κ3) is 3.17. The average Bonchev–Trinajstić information content (AvgIpc) is 2.33. The van der Waals surface area contributed by atoms with E-state index in [1.165, 1.54) is 6.07 Å². The van der Waals surface area contributed by atoms with E-state index in [0.717, 1.165) is 0 Å². The smallest absolute Gasteiger partial charge is 0.373 e. The number of nitrogens with zero attached hydrogens (tertiary/aromatic N) is 1. The van der Waals surface area contributed by atoms with E-state index < -0.39 is 26.1 Å². The molecule has 1 aromatic carbocycles. The van der Waals surface area contributed by atoms with Crippen LogP contribution in [0.3, 0.4) is 0 Å². The highest BCUT2D eigenvalue weighted by molar-refractivity contribution is 5.94. The van der Waals surface area contributed by atoms with E-state index in [1.807, 2.05) is 13.8 Å². The minimum absolute atomic E-state index is 0.0261. The molecule has 0 fully saturated rings. The first-order chi connectivity index (χ1) is 9.30. The van der Waals surface area contributed by atoms with Gasteiger partial charge < -0.3 is 5.11 Å². The maximum Gasteiger partial charge on any atom is 0.373 e. The van der Waals surface area contributed by atoms with Gasteiger partial charge in [0.25, 0.3) is 7.15 Å². The number of hydrogen-bond donors (Lipinski definition) is 1. The van der Waals surface area contributed by atoms with Crippen molar-refractivity contribution in [3.05, 3.63) is 47.3 Å². The summed E-state index contributed by atoms with van der Waals surface area (Å²) in [5.74, 6) is 0.0295. The Hall–Kier alpha value is -1.44. The first-order valence-electron chi connectivity index (χ1n) is 6.14. The summed E-state index contributed by atoms with van der Waals surface area (Å²) >= 11 is -1.03. The second-order valence-electron chi connectivity index (χ2n) is 5.50. The number of carbonyl (C=O) groups excluding carboxylic acids is 1. The van der Waals surface area contributed by atoms with Gasteiger partial charge in [-0.15, -0.1) is 0 Å². The van der Waals surface area contributed by atoms with Crippen molar-refractivity contribution in [3.63, 3.8) is 0 Å². The zero-order valence-electron chi connectivity index (χ0n) is 11.2. The Bertz CT molecular complexity index is 607. The predicted octanol–water partition coefficient (Wildman–Crippen LogP) is 0.0121. The summed E-state index contributed by atoms with van der Waals surface area (Å²) < 4.78 is 0.975. The van der Waals surface area contributed by atoms with Crippen LogP contribution in [0, 0.1) is 19.1 Å². The van der Waals surface area contributed by atoms with Gasteiger partial charge in [0.15, 0.2) is 5.76 Å². The fraction of sp³-hybridized carbons (Fsp3) is 0.357. The number of Topliss-reactive ketones (excluding diaryl/α,β-unsaturated/α-hetero) is 1. The predicted molar refractivity (Wildman–Crippen MR) is 69.5 cm³/mol. The molecule has 0 heterocycles. The molecule has 0 saturated carbocycles. The number of nitro groups is 1. The molecule has 6 heteroatoms. The summed E-state index contributed by atoms with van der Waals surface area (Å²) in [7, 11) is 0. The number of allylic oxidation sites excluding steroid dienone is 2. The summed E-state index contributed by atoms with van der Waals surface area (Å²) in [6, 6.07) is 6.42. The van der Waals surface area contributed by atoms with Gasteiger partial charge >= 0.3 is 26.9 Å². The Labute approximate surface area is 127 Å². The van der Waals surface area contributed by atoms with Crippen LogP contribution in [0.2, 0.25) is 0 Å². The van der Waals surface area contributed by atoms with Crippen molar-refractivity contribution in [1.82, 2.24) is 0 Å². The fourth-order valence-corrected chi connectivity index (χ4v) is 4.77. The van der Waals surface area contributed by atoms with Gasteiger partial charge in [0, 0.05) is 18.9 Å². The number of aliphatic hydroxyl groups excluding tert-OH is 1. The molecule has 1 N–H and O–H groups in total. The van der Waals surface area contributed by atoms with Crippen LogP contribution in [0.15, 0.2) is 33.6 Å². The molecular weight excluding hydrogens is 373 g/mol. The van der Waals surface area contributed by atoms with E-state index in [9.17, 15) is 20.0 Å². The minimum Gasteiger partial charge on any atom is -0.507 e. The van der Waals surface area contributed by atoms with Crippen LogP contribution in [-0.2, 0) is 4.79 Å². The molecule has 0 saturated heterocycles. The molecule has 0 unspecified atom stereocenters. The van der Waals surface area contributed by atoms with Crippen LogP contribution in [0.25, 0.3) is 0 Å². The van der Waals surface area contributed by atoms with Gasteiger partial charge in [0.05, 0.1) is 4.92 Å². The zero-order valence-corrected chi connectivity index (χ0v) is 13.4. The third-order valence-electron chi connectivity index (χ3n) is 3.03. The first-order valence-corrected chi connectivity index (χ1v) is 8.29. The number of benzene rings is 1. The van der Waals surface area contributed by atoms with Gasteiger partial charge in [-0.3, -0.25) is 14.9 Å². The van der Waals surface area contributed by atoms with Gasteiger partial charge in [-0.25, -0.2) is 0 Å². The summed E-state index contributed by atoms with van der Waals surface area (Å²) in [6.45, 7) is 3.86. The van der Waals surface area contributed by atoms with Gasteiger partial charge in [-0.2, -0.15) is 0 Å². The fourth-order valence-electron chi connectivity index (χ4n) is 2.16. The SMILES string of the molecule is CC1(C)CC(=O)C([I+]c2ccccc2[N+](=O)[O-])=C(O)C1. The summed E-state index contributed by atoms with van der Waals surface area (Å²) in [4.78, 5) is 22.7. The van der Waals surface area contributed by atoms with Gasteiger partial charge in [0.2, 0.25) is 5.78 Å². The third-order valence-corrected chi connectivity index (χ3v) is 6.29. The van der Waals surface area contributed by atoms with Gasteiger partial charge in [-0.1, -0.05) is 26.0 Å². The second kappa shape index (κ2) is 5.51. The molecule has 1 aliphatic rings. The topological polar surface area (TPSA) is 80.4 Å². The van der Waals surface area contributed by atoms with Gasteiger partial charge in [0.1, 0.15) is 0 Å². The highest BCUT2D eigenvalue weighted by Gasteiger charge is 2.42. The second-order valence-corrected chi connectivity index (χ2v) is 8.28. The number of rotatable bonds is 3. The van der Waals surface area contributed by atoms with Crippen molar-refractivity contribution >= 4 is 11.5 Å². The first kappa shape index (κ1) is 15.0. The van der Waals surface area contributed by atoms with Crippen LogP contribution in [-0.4, -0.2) is 15.8 Å². The lowest BCUT2D eigenvalue weighted by atomic mass is 9.79. The Morgan fingerprint density at radius 2 is 1.95 bits per heavy atom. The number of nitro benzene ring substituents is 1. The minimum atomic E-state index is -1.03. The Kier molecular flexibility index (Phi) is 4.12. The highest BCUT2D eigenvalue weighted by Crippen LogP contribution is 2.33. The Morgan fingerprint density at radius 3 is 2.55 bits per heavy atom. The van der Waals surface area contributed by atoms with Crippen LogP contribution in [0.1, 0.15) is 26.7 Å². The maximum absolute atomic E-state index is 12.1. The number of carbonyl (C=O) groups is 1. The lowest BCUT2D eigenvalue weighted by Crippen LogP contribution is -3.61. The van der Waals surface area contributed by atoms with Crippen LogP contribution in [0.4, 0.5) is 5.69 Å². The number of halogens is 1. The van der Waals surface area contributed by atoms with Crippen molar-refractivity contribution in [1.29, 1.82) is 0 Å². The molecule has 1 aromatic rings. The molecule has 0 amide bonds. The Balaban J connectivity index is 2.35. The molecule has 0 aliphatic heterocycles. The quantitative estimate of drug-likeness (QED) is 0.450. The highest BCUT2D eigenvalue weighted by atomic mass is 127. The molecular formula is C14H15INO4+. The molecule has 0 atom stereocenters. The summed E-state index contributed by atoms with van der Waals surface area (Å²) in [5.41, 5.74) is -0.213. The van der Waals surface area contributed by atoms with E-state index in [1.54, 1.807) is 18.2 Å². The summed E-state index contributed by atoms with van der Waals surface area (Å²) in [6.07, 6.45) is 0.834. The van der Waals surface area contributed by atoms with Crippen molar-refractivity contribution in [2.24, 2.45) is 5.41 Å². The zero-order chi connectivity index (χ0) is 14.9. The monoisotopic (exact) mass is 388 g/mol. The van der Waals surface area contributed by atoms with Crippen LogP contribution < -0.4 is 21.2 Å². The van der Waals surface area contributed by atoms with Crippen molar-refractivity contribution < 1.29 is 36.0 Å². The molecule has 0 aromatic heterocycles. The standard InChI is InChI=1S/C14H14INO4/c1-14(2)7-11(17)13(12(18)8-14)15-9-5-3-4-6-10(9)16(19)20/h3-6H,7-8H2,1-2H3/p+1. The van der Waals surface area contributed by atoms with Crippen LogP contribution >= 0.6 is 0 Å². The number of hydrogen-bond acceptors (Lipinski definition) is 4. The molecule has 20 heavy (non-hydrogen) atoms. The average molecular weight is 388 g/mol. The molecule has 0 radical (unpaired) electrons. The van der Waals surface area contributed by atoms with Gasteiger partial charge in [-0.05, 0) is 11.5 Å². The van der Waals surface area contributed by atoms with Crippen molar-refractivity contribution in [3.8, 4) is 0 Å². The van der Waals surface area contributed by atoms with E-state index in [-0.39, 0.29) is 22.6 Å². The molecule has 0 bridgehead atoms. The molecule has 0 spiro atoms. The molecule has 1 aliphatic carbocycles. The van der Waals surface area contributed by atoms with Crippen molar-refractivity contribution in [2.45, 2.75) is 26.7 Å². The maximum atomic E-state index is 12.1. The van der Waals surface area contributed by atoms with Crippen LogP contribution in [0.5, 0.6) is 0 Å². The van der Waals surface area contributed by atoms with Crippen molar-refractivity contribution in [2.75, 3.05) is 0 Å². The number of ketones is 1. The lowest BCUT2D eigenvalue weighted by Gasteiger charge is -2.25. The Morgan fingerprint density at radius 1 is 1.30 bits per heavy atom. The van der Waals surface area contributed by atoms with E-state index >= 15 is 0 Å². The number of aliphatic hydroxyl groups is 1. The largest absolute Gasteiger partial charge is 0.507 e. The lowest BCUT2D eigenvalue weighted by molar-refractivity contribution is -0.581. The molecule has 5 nitrogen and oxygen atoms in total.